The van der Waals surface area contributed by atoms with E-state index in [1.807, 2.05) is 12.1 Å². The summed E-state index contributed by atoms with van der Waals surface area (Å²) in [5, 5.41) is 0. The van der Waals surface area contributed by atoms with Crippen LogP contribution in [0.15, 0.2) is 42.5 Å². The number of ether oxygens (including phenoxy) is 3. The molecule has 0 spiro atoms. The molecule has 2 aliphatic heterocycles. The van der Waals surface area contributed by atoms with Crippen molar-refractivity contribution in [3.05, 3.63) is 59.2 Å². The summed E-state index contributed by atoms with van der Waals surface area (Å²) in [5.41, 5.74) is 2.76. The minimum atomic E-state index is -0.336. The van der Waals surface area contributed by atoms with E-state index in [2.05, 4.69) is 35.2 Å². The molecule has 5 heteroatoms. The first kappa shape index (κ1) is 17.9. The lowest BCUT2D eigenvalue weighted by atomic mass is 9.90. The molecule has 0 amide bonds. The minimum Gasteiger partial charge on any atom is -0.493 e. The molecule has 1 saturated heterocycles. The average molecular weight is 367 g/mol. The Labute approximate surface area is 159 Å². The Morgan fingerprint density at radius 2 is 1.78 bits per heavy atom. The first-order valence-corrected chi connectivity index (χ1v) is 9.45. The van der Waals surface area contributed by atoms with E-state index < -0.39 is 0 Å². The lowest BCUT2D eigenvalue weighted by Crippen LogP contribution is -2.37. The number of carbonyl (C=O) groups excluding carboxylic acids is 1. The summed E-state index contributed by atoms with van der Waals surface area (Å²) in [6.45, 7) is 1.84. The van der Waals surface area contributed by atoms with Crippen molar-refractivity contribution in [3.8, 4) is 11.5 Å². The van der Waals surface area contributed by atoms with Crippen LogP contribution in [0, 0.1) is 5.92 Å². The highest BCUT2D eigenvalue weighted by Crippen LogP contribution is 2.43. The molecule has 0 saturated carbocycles. The third kappa shape index (κ3) is 3.39. The standard InChI is InChI=1S/C22H25NO4/c1-25-18-9-8-17-19(20(18)26-2)22(24)27-21(17)23-12-10-16(11-13-23)14-15-6-4-3-5-7-15/h3-9,16,21H,10-14H2,1-2H3/t21-/m0/s1. The van der Waals surface area contributed by atoms with Gasteiger partial charge in [0, 0.05) is 18.7 Å². The number of esters is 1. The second-order valence-corrected chi connectivity index (χ2v) is 7.19. The Morgan fingerprint density at radius 3 is 2.44 bits per heavy atom. The predicted molar refractivity (Wildman–Crippen MR) is 102 cm³/mol. The average Bonchev–Trinajstić information content (AvgIpc) is 3.05. The van der Waals surface area contributed by atoms with E-state index in [1.165, 1.54) is 5.56 Å². The first-order valence-electron chi connectivity index (χ1n) is 9.45. The number of piperidine rings is 1. The van der Waals surface area contributed by atoms with Crippen LogP contribution in [0.1, 0.15) is 40.6 Å². The lowest BCUT2D eigenvalue weighted by Gasteiger charge is -2.35. The SMILES string of the molecule is COc1ccc2c(c1OC)C(=O)O[C@@H]2N1CCC(Cc2ccccc2)CC1. The Balaban J connectivity index is 1.47. The third-order valence-corrected chi connectivity index (χ3v) is 5.61. The van der Waals surface area contributed by atoms with Crippen molar-refractivity contribution < 1.29 is 19.0 Å². The maximum Gasteiger partial charge on any atom is 0.344 e. The fourth-order valence-corrected chi connectivity index (χ4v) is 4.19. The summed E-state index contributed by atoms with van der Waals surface area (Å²) in [6.07, 6.45) is 2.99. The molecule has 2 aromatic carbocycles. The molecule has 0 bridgehead atoms. The number of hydrogen-bond donors (Lipinski definition) is 0. The van der Waals surface area contributed by atoms with Gasteiger partial charge in [-0.05, 0) is 42.9 Å². The molecule has 0 aliphatic carbocycles. The fourth-order valence-electron chi connectivity index (χ4n) is 4.19. The first-order chi connectivity index (χ1) is 13.2. The van der Waals surface area contributed by atoms with Gasteiger partial charge >= 0.3 is 5.97 Å². The summed E-state index contributed by atoms with van der Waals surface area (Å²) < 4.78 is 16.5. The highest BCUT2D eigenvalue weighted by molar-refractivity contribution is 5.98. The van der Waals surface area contributed by atoms with Gasteiger partial charge in [0.1, 0.15) is 5.56 Å². The van der Waals surface area contributed by atoms with Gasteiger partial charge in [0.2, 0.25) is 0 Å². The number of hydrogen-bond acceptors (Lipinski definition) is 5. The molecule has 0 unspecified atom stereocenters. The van der Waals surface area contributed by atoms with Crippen LogP contribution >= 0.6 is 0 Å². The highest BCUT2D eigenvalue weighted by Gasteiger charge is 2.40. The summed E-state index contributed by atoms with van der Waals surface area (Å²) >= 11 is 0. The quantitative estimate of drug-likeness (QED) is 0.752. The zero-order chi connectivity index (χ0) is 18.8. The van der Waals surface area contributed by atoms with Crippen molar-refractivity contribution >= 4 is 5.97 Å². The fraction of sp³-hybridized carbons (Fsp3) is 0.409. The van der Waals surface area contributed by atoms with Crippen LogP contribution in [0.2, 0.25) is 0 Å². The molecule has 0 N–H and O–H groups in total. The Morgan fingerprint density at radius 1 is 1.04 bits per heavy atom. The van der Waals surface area contributed by atoms with Gasteiger partial charge < -0.3 is 14.2 Å². The van der Waals surface area contributed by atoms with Crippen LogP contribution in [-0.2, 0) is 11.2 Å². The van der Waals surface area contributed by atoms with Gasteiger partial charge in [-0.1, -0.05) is 30.3 Å². The van der Waals surface area contributed by atoms with Crippen LogP contribution in [0.25, 0.3) is 0 Å². The Hall–Kier alpha value is -2.53. The molecule has 2 aliphatic rings. The van der Waals surface area contributed by atoms with Crippen molar-refractivity contribution in [1.29, 1.82) is 0 Å². The van der Waals surface area contributed by atoms with Crippen molar-refractivity contribution in [2.75, 3.05) is 27.3 Å². The topological polar surface area (TPSA) is 48.0 Å². The smallest absolute Gasteiger partial charge is 0.344 e. The molecule has 5 nitrogen and oxygen atoms in total. The molecular formula is C22H25NO4. The van der Waals surface area contributed by atoms with Gasteiger partial charge in [0.15, 0.2) is 17.7 Å². The number of likely N-dealkylation sites (tertiary alicyclic amines) is 1. The summed E-state index contributed by atoms with van der Waals surface area (Å²) in [7, 11) is 3.12. The second-order valence-electron chi connectivity index (χ2n) is 7.19. The Kier molecular flexibility index (Phi) is 5.03. The third-order valence-electron chi connectivity index (χ3n) is 5.61. The van der Waals surface area contributed by atoms with Gasteiger partial charge in [-0.3, -0.25) is 4.90 Å². The van der Waals surface area contributed by atoms with Crippen molar-refractivity contribution in [3.63, 3.8) is 0 Å². The van der Waals surface area contributed by atoms with E-state index in [-0.39, 0.29) is 12.2 Å². The lowest BCUT2D eigenvalue weighted by molar-refractivity contribution is -0.0357. The Bertz CT molecular complexity index is 813. The van der Waals surface area contributed by atoms with Crippen molar-refractivity contribution in [1.82, 2.24) is 4.90 Å². The molecule has 2 aromatic rings. The van der Waals surface area contributed by atoms with Crippen LogP contribution in [0.4, 0.5) is 0 Å². The molecule has 0 radical (unpaired) electrons. The maximum absolute atomic E-state index is 12.5. The zero-order valence-corrected chi connectivity index (χ0v) is 15.8. The van der Waals surface area contributed by atoms with Crippen LogP contribution in [-0.4, -0.2) is 38.2 Å². The normalized spacial score (nSPS) is 20.2. The molecule has 2 heterocycles. The number of nitrogens with zero attached hydrogens (tertiary/aromatic N) is 1. The van der Waals surface area contributed by atoms with E-state index in [0.29, 0.717) is 23.0 Å². The maximum atomic E-state index is 12.5. The number of rotatable bonds is 5. The van der Waals surface area contributed by atoms with Crippen molar-refractivity contribution in [2.45, 2.75) is 25.5 Å². The molecule has 1 fully saturated rings. The highest BCUT2D eigenvalue weighted by atomic mass is 16.6. The molecule has 1 atom stereocenters. The molecule has 142 valence electrons. The number of methoxy groups -OCH3 is 2. The van der Waals surface area contributed by atoms with Crippen molar-refractivity contribution in [2.24, 2.45) is 5.92 Å². The molecule has 4 rings (SSSR count). The number of carbonyl (C=O) groups is 1. The monoisotopic (exact) mass is 367 g/mol. The number of fused-ring (bicyclic) bond motifs is 1. The van der Waals surface area contributed by atoms with Gasteiger partial charge in [0.25, 0.3) is 0 Å². The number of benzene rings is 2. The van der Waals surface area contributed by atoms with E-state index in [0.717, 1.165) is 37.9 Å². The van der Waals surface area contributed by atoms with Gasteiger partial charge in [0.05, 0.1) is 14.2 Å². The van der Waals surface area contributed by atoms with E-state index in [4.69, 9.17) is 14.2 Å². The summed E-state index contributed by atoms with van der Waals surface area (Å²) in [4.78, 5) is 14.7. The minimum absolute atomic E-state index is 0.329. The largest absolute Gasteiger partial charge is 0.493 e. The van der Waals surface area contributed by atoms with E-state index in [1.54, 1.807) is 14.2 Å². The van der Waals surface area contributed by atoms with E-state index >= 15 is 0 Å². The van der Waals surface area contributed by atoms with Crippen LogP contribution < -0.4 is 9.47 Å². The molecule has 0 aromatic heterocycles. The predicted octanol–water partition coefficient (Wildman–Crippen LogP) is 3.83. The van der Waals surface area contributed by atoms with Crippen LogP contribution in [0.5, 0.6) is 11.5 Å². The number of cyclic esters (lactones) is 1. The van der Waals surface area contributed by atoms with Gasteiger partial charge in [-0.25, -0.2) is 4.79 Å². The second kappa shape index (κ2) is 7.61. The summed E-state index contributed by atoms with van der Waals surface area (Å²) in [6, 6.07) is 14.4. The van der Waals surface area contributed by atoms with Crippen LogP contribution in [0.3, 0.4) is 0 Å². The zero-order valence-electron chi connectivity index (χ0n) is 15.8. The van der Waals surface area contributed by atoms with Gasteiger partial charge in [-0.15, -0.1) is 0 Å². The summed E-state index contributed by atoms with van der Waals surface area (Å²) in [5.74, 6) is 1.35. The molecular weight excluding hydrogens is 342 g/mol. The van der Waals surface area contributed by atoms with Gasteiger partial charge in [-0.2, -0.15) is 0 Å². The molecule has 27 heavy (non-hydrogen) atoms. The van der Waals surface area contributed by atoms with E-state index in [9.17, 15) is 4.79 Å².